The van der Waals surface area contributed by atoms with E-state index in [1.807, 2.05) is 0 Å². The predicted molar refractivity (Wildman–Crippen MR) is 95.1 cm³/mol. The van der Waals surface area contributed by atoms with Gasteiger partial charge in [0.2, 0.25) is 0 Å². The Morgan fingerprint density at radius 2 is 1.73 bits per heavy atom. The van der Waals surface area contributed by atoms with Crippen LogP contribution >= 0.6 is 0 Å². The van der Waals surface area contributed by atoms with Gasteiger partial charge in [-0.05, 0) is 45.4 Å². The smallest absolute Gasteiger partial charge is 0.336 e. The number of phenols is 2. The number of esters is 2. The summed E-state index contributed by atoms with van der Waals surface area (Å²) in [7, 11) is 0. The zero-order valence-electron chi connectivity index (χ0n) is 15.3. The van der Waals surface area contributed by atoms with Crippen molar-refractivity contribution < 1.29 is 29.3 Å². The number of allylic oxidation sites excluding steroid dienone is 1. The summed E-state index contributed by atoms with van der Waals surface area (Å²) < 4.78 is 10.3. The first-order valence-corrected chi connectivity index (χ1v) is 8.43. The molecule has 0 radical (unpaired) electrons. The number of carbonyl (C=O) groups is 2. The lowest BCUT2D eigenvalue weighted by molar-refractivity contribution is -0.146. The second-order valence-corrected chi connectivity index (χ2v) is 5.93. The summed E-state index contributed by atoms with van der Waals surface area (Å²) in [5.74, 6) is -3.29. The van der Waals surface area contributed by atoms with Gasteiger partial charge in [0, 0.05) is 17.3 Å². The molecule has 1 aromatic carbocycles. The van der Waals surface area contributed by atoms with Gasteiger partial charge in [-0.15, -0.1) is 0 Å². The number of phenolic OH excluding ortho intramolecular Hbond substituents is 2. The highest BCUT2D eigenvalue weighted by atomic mass is 16.5. The summed E-state index contributed by atoms with van der Waals surface area (Å²) in [6, 6.07) is 4.19. The summed E-state index contributed by atoms with van der Waals surface area (Å²) in [6.45, 7) is 7.12. The quantitative estimate of drug-likeness (QED) is 0.617. The van der Waals surface area contributed by atoms with Crippen molar-refractivity contribution in [1.29, 1.82) is 0 Å². The molecule has 0 spiro atoms. The standard InChI is InChI=1S/C19H23NO6/c1-5-25-18(23)15-10(3)20-11(4)16(19(24)26-6-2)17(15)12-7-8-13(21)14(22)9-12/h7-9,15,17,21-22H,5-6H2,1-4H3/t15?,17-/m1/s1. The number of hydrogen-bond donors (Lipinski definition) is 2. The highest BCUT2D eigenvalue weighted by molar-refractivity contribution is 6.07. The van der Waals surface area contributed by atoms with E-state index in [0.29, 0.717) is 17.0 Å². The first kappa shape index (κ1) is 19.5. The van der Waals surface area contributed by atoms with Crippen molar-refractivity contribution >= 4 is 17.7 Å². The Hall–Kier alpha value is -2.83. The highest BCUT2D eigenvalue weighted by Gasteiger charge is 2.42. The minimum Gasteiger partial charge on any atom is -0.504 e. The molecule has 0 bridgehead atoms. The molecule has 2 N–H and O–H groups in total. The summed E-state index contributed by atoms with van der Waals surface area (Å²) in [5, 5.41) is 19.5. The molecule has 1 aliphatic rings. The normalized spacial score (nSPS) is 19.8. The fourth-order valence-electron chi connectivity index (χ4n) is 3.14. The van der Waals surface area contributed by atoms with Crippen molar-refractivity contribution in [2.75, 3.05) is 13.2 Å². The molecule has 0 fully saturated rings. The molecular formula is C19H23NO6. The van der Waals surface area contributed by atoms with Crippen LogP contribution in [0, 0.1) is 5.92 Å². The van der Waals surface area contributed by atoms with Crippen LogP contribution in [0.3, 0.4) is 0 Å². The van der Waals surface area contributed by atoms with Gasteiger partial charge in [0.15, 0.2) is 11.5 Å². The van der Waals surface area contributed by atoms with Crippen molar-refractivity contribution in [3.63, 3.8) is 0 Å². The van der Waals surface area contributed by atoms with E-state index in [-0.39, 0.29) is 30.3 Å². The molecule has 2 rings (SSSR count). The average Bonchev–Trinajstić information content (AvgIpc) is 2.57. The monoisotopic (exact) mass is 361 g/mol. The van der Waals surface area contributed by atoms with Gasteiger partial charge in [0.1, 0.15) is 5.92 Å². The van der Waals surface area contributed by atoms with Crippen LogP contribution in [-0.2, 0) is 19.1 Å². The van der Waals surface area contributed by atoms with Crippen molar-refractivity contribution in [2.24, 2.45) is 10.9 Å². The third-order valence-electron chi connectivity index (χ3n) is 4.22. The van der Waals surface area contributed by atoms with E-state index in [9.17, 15) is 19.8 Å². The topological polar surface area (TPSA) is 105 Å². The van der Waals surface area contributed by atoms with Gasteiger partial charge in [0.05, 0.1) is 18.8 Å². The number of aliphatic imine (C=N–C) groups is 1. The minimum absolute atomic E-state index is 0.177. The zero-order valence-corrected chi connectivity index (χ0v) is 15.3. The Morgan fingerprint density at radius 3 is 2.31 bits per heavy atom. The van der Waals surface area contributed by atoms with Crippen LogP contribution in [0.2, 0.25) is 0 Å². The Morgan fingerprint density at radius 1 is 1.08 bits per heavy atom. The van der Waals surface area contributed by atoms with E-state index in [4.69, 9.17) is 9.47 Å². The number of hydrogen-bond acceptors (Lipinski definition) is 7. The van der Waals surface area contributed by atoms with Crippen LogP contribution < -0.4 is 0 Å². The lowest BCUT2D eigenvalue weighted by atomic mass is 9.75. The van der Waals surface area contributed by atoms with Gasteiger partial charge in [-0.3, -0.25) is 9.79 Å². The maximum absolute atomic E-state index is 12.6. The van der Waals surface area contributed by atoms with Gasteiger partial charge >= 0.3 is 11.9 Å². The van der Waals surface area contributed by atoms with E-state index in [1.165, 1.54) is 12.1 Å². The molecule has 2 atom stereocenters. The van der Waals surface area contributed by atoms with Crippen molar-refractivity contribution in [1.82, 2.24) is 0 Å². The lowest BCUT2D eigenvalue weighted by Crippen LogP contribution is -2.36. The van der Waals surface area contributed by atoms with E-state index in [0.717, 1.165) is 0 Å². The molecule has 0 amide bonds. The molecule has 0 aromatic heterocycles. The number of ether oxygens (including phenoxy) is 2. The number of carbonyl (C=O) groups excluding carboxylic acids is 2. The highest BCUT2D eigenvalue weighted by Crippen LogP contribution is 2.42. The molecule has 1 aromatic rings. The molecule has 1 unspecified atom stereocenters. The third kappa shape index (κ3) is 3.71. The van der Waals surface area contributed by atoms with E-state index >= 15 is 0 Å². The lowest BCUT2D eigenvalue weighted by Gasteiger charge is -2.31. The second-order valence-electron chi connectivity index (χ2n) is 5.93. The molecule has 0 saturated carbocycles. The molecule has 7 heteroatoms. The van der Waals surface area contributed by atoms with E-state index in [2.05, 4.69) is 4.99 Å². The Balaban J connectivity index is 2.65. The molecule has 26 heavy (non-hydrogen) atoms. The Bertz CT molecular complexity index is 780. The molecule has 7 nitrogen and oxygen atoms in total. The summed E-state index contributed by atoms with van der Waals surface area (Å²) in [4.78, 5) is 29.5. The number of rotatable bonds is 5. The van der Waals surface area contributed by atoms with Crippen LogP contribution in [0.1, 0.15) is 39.2 Å². The van der Waals surface area contributed by atoms with Gasteiger partial charge in [-0.1, -0.05) is 6.07 Å². The fourth-order valence-corrected chi connectivity index (χ4v) is 3.14. The van der Waals surface area contributed by atoms with Crippen molar-refractivity contribution in [3.8, 4) is 11.5 Å². The molecular weight excluding hydrogens is 338 g/mol. The van der Waals surface area contributed by atoms with Crippen molar-refractivity contribution in [2.45, 2.75) is 33.6 Å². The van der Waals surface area contributed by atoms with Gasteiger partial charge < -0.3 is 19.7 Å². The van der Waals surface area contributed by atoms with Crippen LogP contribution in [0.15, 0.2) is 34.5 Å². The third-order valence-corrected chi connectivity index (χ3v) is 4.22. The number of aromatic hydroxyl groups is 2. The minimum atomic E-state index is -0.831. The maximum atomic E-state index is 12.6. The molecule has 0 saturated heterocycles. The first-order valence-electron chi connectivity index (χ1n) is 8.43. The summed E-state index contributed by atoms with van der Waals surface area (Å²) >= 11 is 0. The van der Waals surface area contributed by atoms with E-state index in [1.54, 1.807) is 33.8 Å². The first-order chi connectivity index (χ1) is 12.3. The van der Waals surface area contributed by atoms with Gasteiger partial charge in [0.25, 0.3) is 0 Å². The van der Waals surface area contributed by atoms with Crippen LogP contribution in [0.25, 0.3) is 0 Å². The Labute approximate surface area is 152 Å². The molecule has 1 heterocycles. The van der Waals surface area contributed by atoms with E-state index < -0.39 is 23.8 Å². The predicted octanol–water partition coefficient (Wildman–Crippen LogP) is 2.67. The average molecular weight is 361 g/mol. The zero-order chi connectivity index (χ0) is 19.4. The van der Waals surface area contributed by atoms with Crippen LogP contribution in [0.4, 0.5) is 0 Å². The summed E-state index contributed by atoms with van der Waals surface area (Å²) in [6.07, 6.45) is 0. The molecule has 1 aliphatic heterocycles. The molecule has 140 valence electrons. The van der Waals surface area contributed by atoms with Crippen LogP contribution in [0.5, 0.6) is 11.5 Å². The largest absolute Gasteiger partial charge is 0.504 e. The number of nitrogens with zero attached hydrogens (tertiary/aromatic N) is 1. The van der Waals surface area contributed by atoms with Crippen LogP contribution in [-0.4, -0.2) is 41.1 Å². The fraction of sp³-hybridized carbons (Fsp3) is 0.421. The van der Waals surface area contributed by atoms with Gasteiger partial charge in [-0.2, -0.15) is 0 Å². The SMILES string of the molecule is CCOC(=O)C1=C(C)N=C(C)C(C(=O)OCC)[C@H]1c1ccc(O)c(O)c1. The molecule has 0 aliphatic carbocycles. The summed E-state index contributed by atoms with van der Waals surface area (Å²) in [5.41, 5.74) is 1.67. The number of benzene rings is 1. The maximum Gasteiger partial charge on any atom is 0.336 e. The second kappa shape index (κ2) is 8.03. The van der Waals surface area contributed by atoms with Crippen molar-refractivity contribution in [3.05, 3.63) is 35.0 Å². The Kier molecular flexibility index (Phi) is 6.02. The van der Waals surface area contributed by atoms with Gasteiger partial charge in [-0.25, -0.2) is 4.79 Å².